The third-order valence-corrected chi connectivity index (χ3v) is 2.27. The van der Waals surface area contributed by atoms with Crippen LogP contribution in [0, 0.1) is 0 Å². The highest BCUT2D eigenvalue weighted by Gasteiger charge is 2.26. The van der Waals surface area contributed by atoms with Gasteiger partial charge in [0, 0.05) is 5.39 Å². The number of esters is 1. The van der Waals surface area contributed by atoms with Crippen molar-refractivity contribution in [1.29, 1.82) is 0 Å². The Morgan fingerprint density at radius 3 is 2.71 bits per heavy atom. The van der Waals surface area contributed by atoms with Crippen molar-refractivity contribution in [2.75, 3.05) is 6.61 Å². The molecule has 1 heterocycles. The van der Waals surface area contributed by atoms with Crippen molar-refractivity contribution in [3.63, 3.8) is 0 Å². The number of carbonyl (C=O) groups is 2. The predicted molar refractivity (Wildman–Crippen MR) is 59.1 cm³/mol. The van der Waals surface area contributed by atoms with Crippen LogP contribution in [0.15, 0.2) is 28.7 Å². The molecule has 0 unspecified atom stereocenters. The first-order valence-corrected chi connectivity index (χ1v) is 5.07. The Labute approximate surface area is 96.6 Å². The number of aromatic carboxylic acids is 1. The van der Waals surface area contributed by atoms with E-state index >= 15 is 0 Å². The van der Waals surface area contributed by atoms with E-state index in [1.807, 2.05) is 0 Å². The molecule has 1 N–H and O–H groups in total. The zero-order valence-corrected chi connectivity index (χ0v) is 9.10. The minimum atomic E-state index is -1.21. The van der Waals surface area contributed by atoms with Crippen LogP contribution in [0.1, 0.15) is 27.8 Å². The first-order chi connectivity index (χ1) is 8.15. The van der Waals surface area contributed by atoms with Gasteiger partial charge in [0.1, 0.15) is 11.1 Å². The van der Waals surface area contributed by atoms with Gasteiger partial charge in [-0.1, -0.05) is 18.2 Å². The lowest BCUT2D eigenvalue weighted by Gasteiger charge is -1.98. The summed E-state index contributed by atoms with van der Waals surface area (Å²) < 4.78 is 9.97. The van der Waals surface area contributed by atoms with Crippen molar-refractivity contribution in [2.24, 2.45) is 0 Å². The number of furan rings is 1. The normalized spacial score (nSPS) is 10.4. The molecular formula is C12H10O5. The summed E-state index contributed by atoms with van der Waals surface area (Å²) >= 11 is 0. The van der Waals surface area contributed by atoms with E-state index < -0.39 is 11.9 Å². The average Bonchev–Trinajstić information content (AvgIpc) is 2.68. The molecule has 1 aromatic carbocycles. The molecule has 0 atom stereocenters. The molecule has 1 aromatic heterocycles. The van der Waals surface area contributed by atoms with Gasteiger partial charge < -0.3 is 14.3 Å². The predicted octanol–water partition coefficient (Wildman–Crippen LogP) is 2.31. The van der Waals surface area contributed by atoms with Gasteiger partial charge in [0.2, 0.25) is 5.76 Å². The molecule has 0 aliphatic rings. The second-order valence-electron chi connectivity index (χ2n) is 3.33. The van der Waals surface area contributed by atoms with Crippen molar-refractivity contribution in [3.8, 4) is 0 Å². The number of carbonyl (C=O) groups excluding carboxylic acids is 1. The molecule has 0 aliphatic carbocycles. The second-order valence-corrected chi connectivity index (χ2v) is 3.33. The number of hydrogen-bond donors (Lipinski definition) is 1. The van der Waals surface area contributed by atoms with Crippen LogP contribution in [-0.2, 0) is 4.74 Å². The molecular weight excluding hydrogens is 224 g/mol. The van der Waals surface area contributed by atoms with Crippen LogP contribution in [-0.4, -0.2) is 23.7 Å². The van der Waals surface area contributed by atoms with Crippen molar-refractivity contribution < 1.29 is 23.8 Å². The molecule has 0 bridgehead atoms. The van der Waals surface area contributed by atoms with Gasteiger partial charge in [0.25, 0.3) is 0 Å². The lowest BCUT2D eigenvalue weighted by molar-refractivity contribution is 0.0480. The quantitative estimate of drug-likeness (QED) is 0.824. The number of rotatable bonds is 3. The van der Waals surface area contributed by atoms with E-state index in [1.165, 1.54) is 0 Å². The first-order valence-electron chi connectivity index (χ1n) is 5.07. The summed E-state index contributed by atoms with van der Waals surface area (Å²) in [5, 5.41) is 9.49. The molecule has 0 radical (unpaired) electrons. The summed E-state index contributed by atoms with van der Waals surface area (Å²) in [6.07, 6.45) is 0. The highest BCUT2D eigenvalue weighted by molar-refractivity contribution is 6.10. The van der Waals surface area contributed by atoms with E-state index in [0.29, 0.717) is 11.0 Å². The summed E-state index contributed by atoms with van der Waals surface area (Å²) in [5.74, 6) is -2.24. The minimum absolute atomic E-state index is 0.154. The van der Waals surface area contributed by atoms with Crippen LogP contribution in [0.4, 0.5) is 0 Å². The molecule has 0 spiro atoms. The second kappa shape index (κ2) is 4.29. The van der Waals surface area contributed by atoms with Crippen LogP contribution in [0.5, 0.6) is 0 Å². The summed E-state index contributed by atoms with van der Waals surface area (Å²) in [6, 6.07) is 6.57. The van der Waals surface area contributed by atoms with Crippen LogP contribution < -0.4 is 0 Å². The Kier molecular flexibility index (Phi) is 2.82. The van der Waals surface area contributed by atoms with Crippen LogP contribution in [0.25, 0.3) is 11.0 Å². The molecule has 0 saturated heterocycles. The number of para-hydroxylation sites is 1. The highest BCUT2D eigenvalue weighted by Crippen LogP contribution is 2.26. The molecule has 0 amide bonds. The summed E-state index contributed by atoms with van der Waals surface area (Å²) in [5.41, 5.74) is 0.201. The molecule has 5 nitrogen and oxygen atoms in total. The van der Waals surface area contributed by atoms with Gasteiger partial charge in [-0.05, 0) is 13.0 Å². The maximum absolute atomic E-state index is 11.6. The van der Waals surface area contributed by atoms with Gasteiger partial charge in [0.15, 0.2) is 0 Å². The monoisotopic (exact) mass is 234 g/mol. The minimum Gasteiger partial charge on any atom is -0.478 e. The topological polar surface area (TPSA) is 76.7 Å². The summed E-state index contributed by atoms with van der Waals surface area (Å²) in [6.45, 7) is 1.80. The van der Waals surface area contributed by atoms with Crippen molar-refractivity contribution in [2.45, 2.75) is 6.92 Å². The first kappa shape index (κ1) is 11.2. The third kappa shape index (κ3) is 1.87. The van der Waals surface area contributed by atoms with Gasteiger partial charge >= 0.3 is 11.9 Å². The molecule has 88 valence electrons. The zero-order chi connectivity index (χ0) is 12.4. The lowest BCUT2D eigenvalue weighted by Crippen LogP contribution is -2.09. The number of carboxylic acid groups (broad SMARTS) is 1. The van der Waals surface area contributed by atoms with Gasteiger partial charge in [-0.3, -0.25) is 0 Å². The molecule has 0 aliphatic heterocycles. The fraction of sp³-hybridized carbons (Fsp3) is 0.167. The van der Waals surface area contributed by atoms with Crippen molar-refractivity contribution in [1.82, 2.24) is 0 Å². The number of hydrogen-bond acceptors (Lipinski definition) is 4. The largest absolute Gasteiger partial charge is 0.478 e. The molecule has 2 rings (SSSR count). The van der Waals surface area contributed by atoms with E-state index in [9.17, 15) is 9.59 Å². The van der Waals surface area contributed by atoms with Crippen LogP contribution in [0.3, 0.4) is 0 Å². The summed E-state index contributed by atoms with van der Waals surface area (Å²) in [7, 11) is 0. The number of carboxylic acids is 1. The lowest BCUT2D eigenvalue weighted by atomic mass is 10.1. The van der Waals surface area contributed by atoms with E-state index in [-0.39, 0.29) is 17.9 Å². The van der Waals surface area contributed by atoms with E-state index in [2.05, 4.69) is 0 Å². The van der Waals surface area contributed by atoms with E-state index in [1.54, 1.807) is 31.2 Å². The average molecular weight is 234 g/mol. The fourth-order valence-electron chi connectivity index (χ4n) is 1.60. The number of benzene rings is 1. The Bertz CT molecular complexity index is 582. The maximum atomic E-state index is 11.6. The van der Waals surface area contributed by atoms with E-state index in [0.717, 1.165) is 0 Å². The third-order valence-electron chi connectivity index (χ3n) is 2.27. The highest BCUT2D eigenvalue weighted by atomic mass is 16.5. The van der Waals surface area contributed by atoms with Crippen molar-refractivity contribution in [3.05, 3.63) is 35.6 Å². The molecule has 0 fully saturated rings. The SMILES string of the molecule is CCOC(=O)c1oc2ccccc2c1C(=O)O. The van der Waals surface area contributed by atoms with Crippen LogP contribution >= 0.6 is 0 Å². The van der Waals surface area contributed by atoms with Gasteiger partial charge in [0.05, 0.1) is 6.61 Å². The zero-order valence-electron chi connectivity index (χ0n) is 9.10. The molecule has 17 heavy (non-hydrogen) atoms. The van der Waals surface area contributed by atoms with Crippen molar-refractivity contribution >= 4 is 22.9 Å². The Balaban J connectivity index is 2.66. The molecule has 5 heteroatoms. The molecule has 2 aromatic rings. The Hall–Kier alpha value is -2.30. The van der Waals surface area contributed by atoms with Gasteiger partial charge in [-0.2, -0.15) is 0 Å². The van der Waals surface area contributed by atoms with Gasteiger partial charge in [-0.15, -0.1) is 0 Å². The van der Waals surface area contributed by atoms with Gasteiger partial charge in [-0.25, -0.2) is 9.59 Å². The number of fused-ring (bicyclic) bond motifs is 1. The standard InChI is InChI=1S/C12H10O5/c1-2-16-12(15)10-9(11(13)14)7-5-3-4-6-8(7)17-10/h3-6H,2H2,1H3,(H,13,14). The number of ether oxygens (including phenoxy) is 1. The summed E-state index contributed by atoms with van der Waals surface area (Å²) in [4.78, 5) is 22.7. The molecule has 0 saturated carbocycles. The Morgan fingerprint density at radius 2 is 2.06 bits per heavy atom. The fourth-order valence-corrected chi connectivity index (χ4v) is 1.60. The Morgan fingerprint density at radius 1 is 1.35 bits per heavy atom. The van der Waals surface area contributed by atoms with E-state index in [4.69, 9.17) is 14.3 Å². The smallest absolute Gasteiger partial charge is 0.375 e. The van der Waals surface area contributed by atoms with Crippen LogP contribution in [0.2, 0.25) is 0 Å². The maximum Gasteiger partial charge on any atom is 0.375 e.